The predicted molar refractivity (Wildman–Crippen MR) is 103 cm³/mol. The number of para-hydroxylation sites is 1. The van der Waals surface area contributed by atoms with Gasteiger partial charge in [-0.05, 0) is 36.1 Å². The Bertz CT molecular complexity index is 767. The highest BCUT2D eigenvalue weighted by Crippen LogP contribution is 2.23. The van der Waals surface area contributed by atoms with Crippen LogP contribution in [0.3, 0.4) is 0 Å². The molecule has 27 heavy (non-hydrogen) atoms. The molecule has 0 radical (unpaired) electrons. The lowest BCUT2D eigenvalue weighted by molar-refractivity contribution is -0.146. The third-order valence-electron chi connectivity index (χ3n) is 4.91. The Labute approximate surface area is 159 Å². The maximum absolute atomic E-state index is 13.0. The SMILES string of the molecule is CC1CC(C(=O)O)CN(C(=O)CN(Cc2cccnc2)c2ccccc2)C1. The molecule has 1 saturated heterocycles. The number of hydrogen-bond acceptors (Lipinski definition) is 4. The number of rotatable bonds is 6. The number of piperidine rings is 1. The normalized spacial score (nSPS) is 19.5. The standard InChI is InChI=1S/C21H25N3O3/c1-16-10-18(21(26)27)14-24(12-16)20(25)15-23(19-7-3-2-4-8-19)13-17-6-5-9-22-11-17/h2-9,11,16,18H,10,12-15H2,1H3,(H,26,27). The van der Waals surface area contributed by atoms with Gasteiger partial charge in [-0.2, -0.15) is 0 Å². The number of anilines is 1. The van der Waals surface area contributed by atoms with Gasteiger partial charge in [-0.1, -0.05) is 31.2 Å². The quantitative estimate of drug-likeness (QED) is 0.850. The Morgan fingerprint density at radius 2 is 1.96 bits per heavy atom. The molecule has 6 heteroatoms. The molecule has 1 aromatic carbocycles. The minimum absolute atomic E-state index is 0.0412. The second-order valence-electron chi connectivity index (χ2n) is 7.23. The lowest BCUT2D eigenvalue weighted by Gasteiger charge is -2.36. The first-order chi connectivity index (χ1) is 13.0. The first-order valence-corrected chi connectivity index (χ1v) is 9.22. The van der Waals surface area contributed by atoms with Crippen molar-refractivity contribution in [1.29, 1.82) is 0 Å². The Morgan fingerprint density at radius 3 is 2.63 bits per heavy atom. The lowest BCUT2D eigenvalue weighted by Crippen LogP contribution is -2.49. The van der Waals surface area contributed by atoms with Crippen LogP contribution in [0.2, 0.25) is 0 Å². The van der Waals surface area contributed by atoms with Crippen LogP contribution in [0.5, 0.6) is 0 Å². The molecule has 1 aliphatic heterocycles. The van der Waals surface area contributed by atoms with Gasteiger partial charge in [0.25, 0.3) is 0 Å². The van der Waals surface area contributed by atoms with Crippen molar-refractivity contribution in [3.63, 3.8) is 0 Å². The smallest absolute Gasteiger partial charge is 0.308 e. The van der Waals surface area contributed by atoms with Crippen molar-refractivity contribution >= 4 is 17.6 Å². The van der Waals surface area contributed by atoms with Crippen LogP contribution in [0, 0.1) is 11.8 Å². The summed E-state index contributed by atoms with van der Waals surface area (Å²) in [6.07, 6.45) is 4.14. The molecule has 1 amide bonds. The van der Waals surface area contributed by atoms with Gasteiger partial charge < -0.3 is 14.9 Å². The van der Waals surface area contributed by atoms with E-state index in [0.717, 1.165) is 11.3 Å². The van der Waals surface area contributed by atoms with E-state index in [-0.39, 0.29) is 24.9 Å². The number of carbonyl (C=O) groups excluding carboxylic acids is 1. The zero-order valence-electron chi connectivity index (χ0n) is 15.5. The van der Waals surface area contributed by atoms with E-state index in [4.69, 9.17) is 0 Å². The van der Waals surface area contributed by atoms with E-state index in [1.54, 1.807) is 17.3 Å². The van der Waals surface area contributed by atoms with E-state index in [0.29, 0.717) is 19.5 Å². The van der Waals surface area contributed by atoms with Gasteiger partial charge in [0, 0.05) is 37.7 Å². The van der Waals surface area contributed by atoms with Crippen LogP contribution in [0.15, 0.2) is 54.9 Å². The van der Waals surface area contributed by atoms with Gasteiger partial charge in [0.15, 0.2) is 0 Å². The summed E-state index contributed by atoms with van der Waals surface area (Å²) in [5, 5.41) is 9.35. The van der Waals surface area contributed by atoms with E-state index in [9.17, 15) is 14.7 Å². The summed E-state index contributed by atoms with van der Waals surface area (Å²) in [5.74, 6) is -1.16. The second-order valence-corrected chi connectivity index (χ2v) is 7.23. The van der Waals surface area contributed by atoms with Gasteiger partial charge >= 0.3 is 5.97 Å². The molecule has 142 valence electrons. The van der Waals surface area contributed by atoms with Gasteiger partial charge in [0.05, 0.1) is 12.5 Å². The molecule has 2 atom stereocenters. The molecule has 1 N–H and O–H groups in total. The molecule has 0 saturated carbocycles. The molecule has 1 aliphatic rings. The molecule has 0 aliphatic carbocycles. The number of carbonyl (C=O) groups is 2. The van der Waals surface area contributed by atoms with Crippen LogP contribution >= 0.6 is 0 Å². The molecular formula is C21H25N3O3. The third-order valence-corrected chi connectivity index (χ3v) is 4.91. The zero-order chi connectivity index (χ0) is 19.2. The van der Waals surface area contributed by atoms with Crippen LogP contribution in [0.4, 0.5) is 5.69 Å². The average Bonchev–Trinajstić information content (AvgIpc) is 2.68. The van der Waals surface area contributed by atoms with Crippen molar-refractivity contribution in [2.24, 2.45) is 11.8 Å². The van der Waals surface area contributed by atoms with E-state index in [1.165, 1.54) is 0 Å². The van der Waals surface area contributed by atoms with Crippen LogP contribution in [0.25, 0.3) is 0 Å². The fourth-order valence-electron chi connectivity index (χ4n) is 3.59. The number of pyridine rings is 1. The Hall–Kier alpha value is -2.89. The first kappa shape index (κ1) is 18.9. The van der Waals surface area contributed by atoms with Crippen molar-refractivity contribution in [3.8, 4) is 0 Å². The van der Waals surface area contributed by atoms with Crippen molar-refractivity contribution in [1.82, 2.24) is 9.88 Å². The molecule has 2 aromatic rings. The largest absolute Gasteiger partial charge is 0.481 e. The average molecular weight is 367 g/mol. The Morgan fingerprint density at radius 1 is 1.19 bits per heavy atom. The summed E-state index contributed by atoms with van der Waals surface area (Å²) in [4.78, 5) is 32.2. The summed E-state index contributed by atoms with van der Waals surface area (Å²) >= 11 is 0. The van der Waals surface area contributed by atoms with Crippen molar-refractivity contribution in [2.45, 2.75) is 19.9 Å². The predicted octanol–water partition coefficient (Wildman–Crippen LogP) is 2.66. The minimum atomic E-state index is -0.824. The highest BCUT2D eigenvalue weighted by Gasteiger charge is 2.32. The van der Waals surface area contributed by atoms with E-state index < -0.39 is 11.9 Å². The number of aliphatic carboxylic acids is 1. The number of nitrogens with zero attached hydrogens (tertiary/aromatic N) is 3. The van der Waals surface area contributed by atoms with Crippen molar-refractivity contribution in [2.75, 3.05) is 24.5 Å². The molecule has 2 unspecified atom stereocenters. The van der Waals surface area contributed by atoms with Gasteiger partial charge in [-0.15, -0.1) is 0 Å². The lowest BCUT2D eigenvalue weighted by atomic mass is 9.90. The van der Waals surface area contributed by atoms with Crippen LogP contribution in [-0.4, -0.2) is 46.5 Å². The summed E-state index contributed by atoms with van der Waals surface area (Å²) in [6, 6.07) is 13.6. The monoisotopic (exact) mass is 367 g/mol. The Balaban J connectivity index is 1.75. The highest BCUT2D eigenvalue weighted by molar-refractivity contribution is 5.82. The number of carboxylic acids is 1. The van der Waals surface area contributed by atoms with Gasteiger partial charge in [0.1, 0.15) is 0 Å². The van der Waals surface area contributed by atoms with Crippen molar-refractivity contribution in [3.05, 3.63) is 60.4 Å². The molecule has 3 rings (SSSR count). The van der Waals surface area contributed by atoms with E-state index >= 15 is 0 Å². The maximum atomic E-state index is 13.0. The molecule has 6 nitrogen and oxygen atoms in total. The van der Waals surface area contributed by atoms with E-state index in [1.807, 2.05) is 54.3 Å². The molecular weight excluding hydrogens is 342 g/mol. The summed E-state index contributed by atoms with van der Waals surface area (Å²) < 4.78 is 0. The van der Waals surface area contributed by atoms with Crippen LogP contribution < -0.4 is 4.90 Å². The fraction of sp³-hybridized carbons (Fsp3) is 0.381. The topological polar surface area (TPSA) is 73.7 Å². The van der Waals surface area contributed by atoms with Crippen LogP contribution in [-0.2, 0) is 16.1 Å². The van der Waals surface area contributed by atoms with E-state index in [2.05, 4.69) is 4.98 Å². The molecule has 0 bridgehead atoms. The molecule has 1 aromatic heterocycles. The van der Waals surface area contributed by atoms with Crippen molar-refractivity contribution < 1.29 is 14.7 Å². The number of benzene rings is 1. The molecule has 0 spiro atoms. The van der Waals surface area contributed by atoms with Gasteiger partial charge in [0.2, 0.25) is 5.91 Å². The summed E-state index contributed by atoms with van der Waals surface area (Å²) in [6.45, 7) is 3.67. The van der Waals surface area contributed by atoms with Gasteiger partial charge in [-0.25, -0.2) is 0 Å². The minimum Gasteiger partial charge on any atom is -0.481 e. The summed E-state index contributed by atoms with van der Waals surface area (Å²) in [7, 11) is 0. The zero-order valence-corrected chi connectivity index (χ0v) is 15.5. The highest BCUT2D eigenvalue weighted by atomic mass is 16.4. The third kappa shape index (κ3) is 5.06. The fourth-order valence-corrected chi connectivity index (χ4v) is 3.59. The Kier molecular flexibility index (Phi) is 6.06. The number of hydrogen-bond donors (Lipinski definition) is 1. The molecule has 1 fully saturated rings. The first-order valence-electron chi connectivity index (χ1n) is 9.22. The maximum Gasteiger partial charge on any atom is 0.308 e. The number of amides is 1. The van der Waals surface area contributed by atoms with Gasteiger partial charge in [-0.3, -0.25) is 14.6 Å². The number of likely N-dealkylation sites (tertiary alicyclic amines) is 1. The molecule has 2 heterocycles. The summed E-state index contributed by atoms with van der Waals surface area (Å²) in [5.41, 5.74) is 1.97. The van der Waals surface area contributed by atoms with Crippen LogP contribution in [0.1, 0.15) is 18.9 Å². The number of carboxylic acid groups (broad SMARTS) is 1. The number of aromatic nitrogens is 1. The second kappa shape index (κ2) is 8.66.